The lowest BCUT2D eigenvalue weighted by atomic mass is 10.2. The normalized spacial score (nSPS) is 11.7. The topological polar surface area (TPSA) is 92.7 Å². The summed E-state index contributed by atoms with van der Waals surface area (Å²) in [5.41, 5.74) is 10.7. The zero-order valence-corrected chi connectivity index (χ0v) is 18.2. The standard InChI is InChI=1S/C11H22N2O.C10H20N2O/c1-4-13(5-2)9-7-6-8-10(3)11(12)14;1-3-12(4-2)9-7-5-6-8-10(11)13/h8H,4-7,9H2,1-3H3,(H2,12,14);6,8H,3-5,7,9H2,1-2H3,(H2,11,13). The van der Waals surface area contributed by atoms with E-state index in [1.54, 1.807) is 6.92 Å². The maximum atomic E-state index is 10.7. The zero-order valence-electron chi connectivity index (χ0n) is 18.2. The molecule has 0 aliphatic rings. The molecule has 0 aromatic carbocycles. The van der Waals surface area contributed by atoms with Gasteiger partial charge in [-0.2, -0.15) is 0 Å². The van der Waals surface area contributed by atoms with Gasteiger partial charge in [0.2, 0.25) is 11.8 Å². The van der Waals surface area contributed by atoms with Crippen LogP contribution in [0.5, 0.6) is 0 Å². The number of hydrogen-bond donors (Lipinski definition) is 2. The van der Waals surface area contributed by atoms with Crippen molar-refractivity contribution < 1.29 is 9.59 Å². The highest BCUT2D eigenvalue weighted by Gasteiger charge is 1.99. The summed E-state index contributed by atoms with van der Waals surface area (Å²) in [5.74, 6) is -0.671. The molecule has 0 saturated carbocycles. The lowest BCUT2D eigenvalue weighted by Crippen LogP contribution is -2.23. The highest BCUT2D eigenvalue weighted by molar-refractivity contribution is 5.91. The lowest BCUT2D eigenvalue weighted by molar-refractivity contribution is -0.115. The maximum absolute atomic E-state index is 10.7. The number of allylic oxidation sites excluding steroid dienone is 2. The van der Waals surface area contributed by atoms with E-state index >= 15 is 0 Å². The Hall–Kier alpha value is -1.66. The summed E-state index contributed by atoms with van der Waals surface area (Å²) in [6, 6.07) is 0. The Kier molecular flexibility index (Phi) is 19.5. The fourth-order valence-corrected chi connectivity index (χ4v) is 2.45. The predicted molar refractivity (Wildman–Crippen MR) is 115 cm³/mol. The number of hydrogen-bond acceptors (Lipinski definition) is 4. The van der Waals surface area contributed by atoms with Crippen LogP contribution in [-0.4, -0.2) is 60.9 Å². The van der Waals surface area contributed by atoms with Crippen molar-refractivity contribution in [3.63, 3.8) is 0 Å². The van der Waals surface area contributed by atoms with E-state index in [0.29, 0.717) is 5.57 Å². The summed E-state index contributed by atoms with van der Waals surface area (Å²) in [6.45, 7) is 17.0. The molecule has 0 fully saturated rings. The van der Waals surface area contributed by atoms with Gasteiger partial charge in [0.1, 0.15) is 0 Å². The summed E-state index contributed by atoms with van der Waals surface area (Å²) >= 11 is 0. The van der Waals surface area contributed by atoms with Gasteiger partial charge in [-0.1, -0.05) is 39.8 Å². The Morgan fingerprint density at radius 3 is 1.63 bits per heavy atom. The molecule has 0 atom stereocenters. The average Bonchev–Trinajstić information content (AvgIpc) is 2.65. The van der Waals surface area contributed by atoms with Crippen molar-refractivity contribution in [2.45, 2.75) is 60.3 Å². The van der Waals surface area contributed by atoms with Gasteiger partial charge < -0.3 is 21.3 Å². The molecule has 0 radical (unpaired) electrons. The molecular formula is C21H42N4O2. The number of nitrogens with two attached hydrogens (primary N) is 2. The van der Waals surface area contributed by atoms with Crippen LogP contribution in [0.1, 0.15) is 60.3 Å². The summed E-state index contributed by atoms with van der Waals surface area (Å²) in [6.07, 6.45) is 9.24. The van der Waals surface area contributed by atoms with Crippen molar-refractivity contribution in [2.75, 3.05) is 39.3 Å². The second-order valence-corrected chi connectivity index (χ2v) is 6.39. The fourth-order valence-electron chi connectivity index (χ4n) is 2.45. The first-order chi connectivity index (χ1) is 12.8. The SMILES string of the molecule is CCN(CC)CCCC=C(C)C(N)=O.CCN(CC)CCCC=CC(N)=O. The summed E-state index contributed by atoms with van der Waals surface area (Å²) < 4.78 is 0. The number of unbranched alkanes of at least 4 members (excludes halogenated alkanes) is 2. The van der Waals surface area contributed by atoms with E-state index < -0.39 is 0 Å². The highest BCUT2D eigenvalue weighted by Crippen LogP contribution is 2.00. The molecule has 0 rings (SSSR count). The Labute approximate surface area is 166 Å². The largest absolute Gasteiger partial charge is 0.366 e. The van der Waals surface area contributed by atoms with E-state index in [2.05, 4.69) is 37.5 Å². The molecule has 0 saturated heterocycles. The number of carbonyl (C=O) groups is 2. The molecule has 27 heavy (non-hydrogen) atoms. The third-order valence-electron chi connectivity index (χ3n) is 4.43. The van der Waals surface area contributed by atoms with Crippen molar-refractivity contribution in [1.29, 1.82) is 0 Å². The predicted octanol–water partition coefficient (Wildman–Crippen LogP) is 2.69. The van der Waals surface area contributed by atoms with E-state index in [-0.39, 0.29) is 11.8 Å². The second-order valence-electron chi connectivity index (χ2n) is 6.39. The van der Waals surface area contributed by atoms with Crippen LogP contribution in [0.25, 0.3) is 0 Å². The number of rotatable bonds is 14. The highest BCUT2D eigenvalue weighted by atomic mass is 16.1. The first kappa shape index (κ1) is 27.6. The van der Waals surface area contributed by atoms with E-state index in [1.165, 1.54) is 6.08 Å². The van der Waals surface area contributed by atoms with Crippen LogP contribution in [-0.2, 0) is 9.59 Å². The molecule has 6 nitrogen and oxygen atoms in total. The van der Waals surface area contributed by atoms with Crippen LogP contribution in [0.2, 0.25) is 0 Å². The van der Waals surface area contributed by atoms with Crippen molar-refractivity contribution in [1.82, 2.24) is 9.80 Å². The number of primary amides is 2. The van der Waals surface area contributed by atoms with Gasteiger partial charge in [0.15, 0.2) is 0 Å². The monoisotopic (exact) mass is 382 g/mol. The number of amides is 2. The quantitative estimate of drug-likeness (QED) is 0.357. The average molecular weight is 383 g/mol. The molecule has 0 aromatic rings. The second kappa shape index (κ2) is 19.1. The molecular weight excluding hydrogens is 340 g/mol. The van der Waals surface area contributed by atoms with Gasteiger partial charge >= 0.3 is 0 Å². The third kappa shape index (κ3) is 18.9. The summed E-state index contributed by atoms with van der Waals surface area (Å²) in [4.78, 5) is 25.7. The van der Waals surface area contributed by atoms with Gasteiger partial charge in [0.05, 0.1) is 0 Å². The first-order valence-electron chi connectivity index (χ1n) is 10.2. The molecule has 0 heterocycles. The lowest BCUT2D eigenvalue weighted by Gasteiger charge is -2.16. The Bertz CT molecular complexity index is 439. The molecule has 2 amide bonds. The van der Waals surface area contributed by atoms with Gasteiger partial charge in [0.25, 0.3) is 0 Å². The molecule has 0 unspecified atom stereocenters. The van der Waals surface area contributed by atoms with Gasteiger partial charge in [-0.05, 0) is 78.0 Å². The first-order valence-corrected chi connectivity index (χ1v) is 10.2. The van der Waals surface area contributed by atoms with Crippen LogP contribution < -0.4 is 11.5 Å². The minimum absolute atomic E-state index is 0.312. The number of nitrogens with zero attached hydrogens (tertiary/aromatic N) is 2. The maximum Gasteiger partial charge on any atom is 0.244 e. The molecule has 0 spiro atoms. The zero-order chi connectivity index (χ0) is 21.1. The molecule has 4 N–H and O–H groups in total. The molecule has 0 aromatic heterocycles. The number of carbonyl (C=O) groups excluding carboxylic acids is 2. The van der Waals surface area contributed by atoms with Crippen molar-refractivity contribution in [2.24, 2.45) is 11.5 Å². The van der Waals surface area contributed by atoms with Gasteiger partial charge in [-0.25, -0.2) is 0 Å². The van der Waals surface area contributed by atoms with E-state index in [9.17, 15) is 9.59 Å². The third-order valence-corrected chi connectivity index (χ3v) is 4.43. The Balaban J connectivity index is 0. The van der Waals surface area contributed by atoms with Crippen LogP contribution in [0.4, 0.5) is 0 Å². The molecule has 0 aliphatic carbocycles. The molecule has 0 aliphatic heterocycles. The molecule has 158 valence electrons. The van der Waals surface area contributed by atoms with Gasteiger partial charge in [-0.3, -0.25) is 9.59 Å². The minimum atomic E-state index is -0.358. The van der Waals surface area contributed by atoms with Crippen LogP contribution in [0, 0.1) is 0 Å². The van der Waals surface area contributed by atoms with Crippen molar-refractivity contribution in [3.05, 3.63) is 23.8 Å². The summed E-state index contributed by atoms with van der Waals surface area (Å²) in [5, 5.41) is 0. The van der Waals surface area contributed by atoms with Crippen LogP contribution >= 0.6 is 0 Å². The molecule has 0 bridgehead atoms. The Morgan fingerprint density at radius 1 is 0.815 bits per heavy atom. The van der Waals surface area contributed by atoms with Crippen LogP contribution in [0.15, 0.2) is 23.8 Å². The van der Waals surface area contributed by atoms with Crippen molar-refractivity contribution >= 4 is 11.8 Å². The fraction of sp³-hybridized carbons (Fsp3) is 0.714. The van der Waals surface area contributed by atoms with Crippen molar-refractivity contribution in [3.8, 4) is 0 Å². The van der Waals surface area contributed by atoms with E-state index in [4.69, 9.17) is 11.5 Å². The van der Waals surface area contributed by atoms with E-state index in [0.717, 1.165) is 65.0 Å². The summed E-state index contributed by atoms with van der Waals surface area (Å²) in [7, 11) is 0. The van der Waals surface area contributed by atoms with E-state index in [1.807, 2.05) is 12.2 Å². The Morgan fingerprint density at radius 2 is 1.26 bits per heavy atom. The minimum Gasteiger partial charge on any atom is -0.366 e. The van der Waals surface area contributed by atoms with Crippen LogP contribution in [0.3, 0.4) is 0 Å². The van der Waals surface area contributed by atoms with Gasteiger partial charge in [-0.15, -0.1) is 0 Å². The van der Waals surface area contributed by atoms with Gasteiger partial charge in [0, 0.05) is 5.57 Å². The smallest absolute Gasteiger partial charge is 0.244 e. The molecule has 6 heteroatoms.